The fraction of sp³-hybridized carbons (Fsp3) is 0.273. The number of nitrogens with zero attached hydrogens (tertiary/aromatic N) is 1. The molecule has 1 saturated heterocycles. The summed E-state index contributed by atoms with van der Waals surface area (Å²) in [6, 6.07) is 5.93. The number of amides is 2. The Morgan fingerprint density at radius 2 is 2.24 bits per heavy atom. The molecule has 1 aliphatic rings. The van der Waals surface area contributed by atoms with Crippen molar-refractivity contribution in [3.63, 3.8) is 0 Å². The molecule has 4 nitrogen and oxygen atoms in total. The summed E-state index contributed by atoms with van der Waals surface area (Å²) in [5.74, 6) is -0.167. The molecule has 2 amide bonds. The first-order valence-corrected chi connectivity index (χ1v) is 6.11. The number of anilines is 1. The van der Waals surface area contributed by atoms with E-state index >= 15 is 0 Å². The Bertz CT molecular complexity index is 453. The fourth-order valence-corrected chi connectivity index (χ4v) is 2.32. The summed E-state index contributed by atoms with van der Waals surface area (Å²) in [4.78, 5) is 24.3. The summed E-state index contributed by atoms with van der Waals surface area (Å²) in [7, 11) is 0. The average molecular weight is 254 g/mol. The number of hydrogen-bond donors (Lipinski definition) is 1. The van der Waals surface area contributed by atoms with E-state index in [-0.39, 0.29) is 23.4 Å². The highest BCUT2D eigenvalue weighted by atomic mass is 32.2. The molecule has 0 spiro atoms. The van der Waals surface area contributed by atoms with Crippen molar-refractivity contribution in [3.05, 3.63) is 30.1 Å². The van der Waals surface area contributed by atoms with E-state index in [1.807, 2.05) is 0 Å². The van der Waals surface area contributed by atoms with Gasteiger partial charge in [0.2, 0.25) is 5.91 Å². The molecule has 17 heavy (non-hydrogen) atoms. The molecular weight excluding hydrogens is 243 g/mol. The van der Waals surface area contributed by atoms with Crippen LogP contribution in [-0.2, 0) is 4.79 Å². The molecule has 1 aromatic rings. The summed E-state index contributed by atoms with van der Waals surface area (Å²) in [5.41, 5.74) is 0.136. The maximum atomic E-state index is 13.2. The number of halogens is 1. The Labute approximate surface area is 102 Å². The van der Waals surface area contributed by atoms with Crippen LogP contribution in [0.25, 0.3) is 0 Å². The number of nitrogens with one attached hydrogen (secondary N) is 1. The predicted molar refractivity (Wildman–Crippen MR) is 64.5 cm³/mol. The molecule has 0 bridgehead atoms. The third-order valence-electron chi connectivity index (χ3n) is 2.33. The van der Waals surface area contributed by atoms with Crippen LogP contribution >= 0.6 is 11.8 Å². The molecule has 0 aromatic heterocycles. The predicted octanol–water partition coefficient (Wildman–Crippen LogP) is 1.93. The Balaban J connectivity index is 1.93. The maximum absolute atomic E-state index is 13.2. The van der Waals surface area contributed by atoms with Crippen LogP contribution in [0.2, 0.25) is 0 Å². The normalized spacial score (nSPS) is 15.1. The number of para-hydroxylation sites is 1. The average Bonchev–Trinajstić information content (AvgIpc) is 2.68. The van der Waals surface area contributed by atoms with E-state index in [1.165, 1.54) is 28.8 Å². The molecule has 2 rings (SSSR count). The first-order valence-electron chi connectivity index (χ1n) is 5.13. The van der Waals surface area contributed by atoms with Crippen LogP contribution in [0.1, 0.15) is 0 Å². The third kappa shape index (κ3) is 2.97. The van der Waals surface area contributed by atoms with E-state index in [9.17, 15) is 14.0 Å². The highest BCUT2D eigenvalue weighted by molar-refractivity contribution is 8.13. The first kappa shape index (κ1) is 11.9. The molecule has 90 valence electrons. The lowest BCUT2D eigenvalue weighted by Gasteiger charge is -2.14. The van der Waals surface area contributed by atoms with Gasteiger partial charge in [-0.3, -0.25) is 9.59 Å². The summed E-state index contributed by atoms with van der Waals surface area (Å²) < 4.78 is 13.2. The molecule has 6 heteroatoms. The second-order valence-corrected chi connectivity index (χ2v) is 4.61. The summed E-state index contributed by atoms with van der Waals surface area (Å²) >= 11 is 1.19. The van der Waals surface area contributed by atoms with Gasteiger partial charge in [-0.05, 0) is 12.1 Å². The summed E-state index contributed by atoms with van der Waals surface area (Å²) in [6.07, 6.45) is 0. The lowest BCUT2D eigenvalue weighted by Crippen LogP contribution is -2.33. The van der Waals surface area contributed by atoms with Crippen LogP contribution in [-0.4, -0.2) is 34.9 Å². The second-order valence-electron chi connectivity index (χ2n) is 3.56. The van der Waals surface area contributed by atoms with Crippen molar-refractivity contribution in [2.75, 3.05) is 24.2 Å². The van der Waals surface area contributed by atoms with Crippen molar-refractivity contribution in [3.8, 4) is 0 Å². The zero-order chi connectivity index (χ0) is 12.3. The SMILES string of the molecule is O=C(CN1CCSC1=O)Nc1ccccc1F. The van der Waals surface area contributed by atoms with Crippen LogP contribution in [0.15, 0.2) is 24.3 Å². The van der Waals surface area contributed by atoms with Crippen molar-refractivity contribution in [2.24, 2.45) is 0 Å². The van der Waals surface area contributed by atoms with Crippen molar-refractivity contribution < 1.29 is 14.0 Å². The highest BCUT2D eigenvalue weighted by Crippen LogP contribution is 2.17. The Kier molecular flexibility index (Phi) is 3.63. The fourth-order valence-electron chi connectivity index (χ4n) is 1.49. The molecule has 1 aliphatic heterocycles. The maximum Gasteiger partial charge on any atom is 0.282 e. The van der Waals surface area contributed by atoms with Gasteiger partial charge < -0.3 is 10.2 Å². The van der Waals surface area contributed by atoms with Gasteiger partial charge in [-0.15, -0.1) is 0 Å². The summed E-state index contributed by atoms with van der Waals surface area (Å²) in [6.45, 7) is 0.536. The van der Waals surface area contributed by atoms with E-state index in [2.05, 4.69) is 5.32 Å². The number of hydrogen-bond acceptors (Lipinski definition) is 3. The number of carbonyl (C=O) groups is 2. The van der Waals surface area contributed by atoms with Crippen LogP contribution < -0.4 is 5.32 Å². The van der Waals surface area contributed by atoms with E-state index in [4.69, 9.17) is 0 Å². The minimum atomic E-state index is -0.483. The Hall–Kier alpha value is -1.56. The van der Waals surface area contributed by atoms with Gasteiger partial charge in [0, 0.05) is 12.3 Å². The summed E-state index contributed by atoms with van der Waals surface area (Å²) in [5, 5.41) is 2.34. The van der Waals surface area contributed by atoms with E-state index in [0.717, 1.165) is 0 Å². The number of rotatable bonds is 3. The largest absolute Gasteiger partial charge is 0.323 e. The van der Waals surface area contributed by atoms with Crippen molar-refractivity contribution in [1.29, 1.82) is 0 Å². The zero-order valence-corrected chi connectivity index (χ0v) is 9.80. The van der Waals surface area contributed by atoms with E-state index in [1.54, 1.807) is 12.1 Å². The van der Waals surface area contributed by atoms with Gasteiger partial charge >= 0.3 is 0 Å². The van der Waals surface area contributed by atoms with Gasteiger partial charge in [-0.25, -0.2) is 4.39 Å². The number of benzene rings is 1. The molecule has 0 radical (unpaired) electrons. The minimum Gasteiger partial charge on any atom is -0.323 e. The monoisotopic (exact) mass is 254 g/mol. The van der Waals surface area contributed by atoms with Crippen molar-refractivity contribution in [2.45, 2.75) is 0 Å². The molecule has 1 aromatic carbocycles. The lowest BCUT2D eigenvalue weighted by molar-refractivity contribution is -0.116. The van der Waals surface area contributed by atoms with Crippen LogP contribution in [0.3, 0.4) is 0 Å². The van der Waals surface area contributed by atoms with Crippen LogP contribution in [0.4, 0.5) is 14.9 Å². The molecule has 1 heterocycles. The van der Waals surface area contributed by atoms with Crippen molar-refractivity contribution >= 4 is 28.6 Å². The molecule has 0 aliphatic carbocycles. The molecule has 0 unspecified atom stereocenters. The standard InChI is InChI=1S/C11H11FN2O2S/c12-8-3-1-2-4-9(8)13-10(15)7-14-5-6-17-11(14)16/h1-4H,5-7H2,(H,13,15). The number of thioether (sulfide) groups is 1. The van der Waals surface area contributed by atoms with Crippen molar-refractivity contribution in [1.82, 2.24) is 4.90 Å². The Morgan fingerprint density at radius 3 is 2.88 bits per heavy atom. The smallest absolute Gasteiger partial charge is 0.282 e. The molecule has 1 fully saturated rings. The van der Waals surface area contributed by atoms with Gasteiger partial charge in [0.05, 0.1) is 5.69 Å². The lowest BCUT2D eigenvalue weighted by atomic mass is 10.3. The molecule has 1 N–H and O–H groups in total. The first-order chi connectivity index (χ1) is 8.16. The Morgan fingerprint density at radius 1 is 1.47 bits per heavy atom. The molecule has 0 atom stereocenters. The van der Waals surface area contributed by atoms with E-state index < -0.39 is 5.82 Å². The van der Waals surface area contributed by atoms with Crippen LogP contribution in [0.5, 0.6) is 0 Å². The van der Waals surface area contributed by atoms with Gasteiger partial charge in [0.15, 0.2) is 0 Å². The van der Waals surface area contributed by atoms with Gasteiger partial charge in [-0.1, -0.05) is 23.9 Å². The number of carbonyl (C=O) groups excluding carboxylic acids is 2. The quantitative estimate of drug-likeness (QED) is 0.896. The van der Waals surface area contributed by atoms with E-state index in [0.29, 0.717) is 12.3 Å². The third-order valence-corrected chi connectivity index (χ3v) is 3.22. The molecular formula is C11H11FN2O2S. The minimum absolute atomic E-state index is 0.0276. The second kappa shape index (κ2) is 5.18. The van der Waals surface area contributed by atoms with Gasteiger partial charge in [-0.2, -0.15) is 0 Å². The highest BCUT2D eigenvalue weighted by Gasteiger charge is 2.23. The zero-order valence-electron chi connectivity index (χ0n) is 8.98. The van der Waals surface area contributed by atoms with Gasteiger partial charge in [0.25, 0.3) is 5.24 Å². The molecule has 0 saturated carbocycles. The van der Waals surface area contributed by atoms with Crippen LogP contribution in [0, 0.1) is 5.82 Å². The van der Waals surface area contributed by atoms with Gasteiger partial charge in [0.1, 0.15) is 12.4 Å². The topological polar surface area (TPSA) is 49.4 Å².